The van der Waals surface area contributed by atoms with Crippen LogP contribution in [-0.2, 0) is 6.42 Å². The molecule has 0 N–H and O–H groups in total. The van der Waals surface area contributed by atoms with Crippen molar-refractivity contribution < 1.29 is 4.79 Å². The van der Waals surface area contributed by atoms with Crippen molar-refractivity contribution in [1.29, 1.82) is 0 Å². The summed E-state index contributed by atoms with van der Waals surface area (Å²) in [6.07, 6.45) is 0.877. The number of amides is 1. The Kier molecular flexibility index (Phi) is 4.78. The van der Waals surface area contributed by atoms with Gasteiger partial charge in [0.2, 0.25) is 0 Å². The van der Waals surface area contributed by atoms with E-state index >= 15 is 0 Å². The molecule has 1 aliphatic rings. The molecule has 132 valence electrons. The Morgan fingerprint density at radius 1 is 1.08 bits per heavy atom. The molecule has 1 atom stereocenters. The summed E-state index contributed by atoms with van der Waals surface area (Å²) in [6.45, 7) is 2.75. The van der Waals surface area contributed by atoms with E-state index in [0.29, 0.717) is 22.2 Å². The zero-order valence-electron chi connectivity index (χ0n) is 14.2. The molecule has 2 nitrogen and oxygen atoms in total. The van der Waals surface area contributed by atoms with Gasteiger partial charge in [0.25, 0.3) is 5.91 Å². The number of hydrogen-bond acceptors (Lipinski definition) is 2. The van der Waals surface area contributed by atoms with Crippen LogP contribution in [0.4, 0.5) is 0 Å². The molecule has 0 radical (unpaired) electrons. The summed E-state index contributed by atoms with van der Waals surface area (Å²) in [4.78, 5) is 16.6. The predicted molar refractivity (Wildman–Crippen MR) is 109 cm³/mol. The Morgan fingerprint density at radius 3 is 2.58 bits per heavy atom. The van der Waals surface area contributed by atoms with Crippen LogP contribution in [0.5, 0.6) is 0 Å². The molecular formula is C21H17Cl2NOS. The van der Waals surface area contributed by atoms with Gasteiger partial charge in [0.15, 0.2) is 0 Å². The van der Waals surface area contributed by atoms with Gasteiger partial charge < -0.3 is 4.90 Å². The maximum atomic E-state index is 13.3. The Hall–Kier alpha value is -1.81. The van der Waals surface area contributed by atoms with Crippen molar-refractivity contribution in [2.24, 2.45) is 0 Å². The van der Waals surface area contributed by atoms with Crippen LogP contribution in [0, 0.1) is 6.92 Å². The molecule has 0 saturated heterocycles. The number of carbonyl (C=O) groups excluding carboxylic acids is 1. The molecule has 1 aliphatic heterocycles. The molecule has 1 unspecified atom stereocenters. The van der Waals surface area contributed by atoms with E-state index in [1.165, 1.54) is 16.0 Å². The fourth-order valence-electron chi connectivity index (χ4n) is 3.44. The van der Waals surface area contributed by atoms with Gasteiger partial charge in [-0.05, 0) is 54.1 Å². The number of carbonyl (C=O) groups is 1. The van der Waals surface area contributed by atoms with Gasteiger partial charge in [-0.25, -0.2) is 0 Å². The van der Waals surface area contributed by atoms with Crippen LogP contribution in [0.3, 0.4) is 0 Å². The standard InChI is InChI=1S/C21H17Cl2NOS/c1-13-2-4-14(5-3-13)20-16-9-11-26-19(16)8-10-24(20)21(25)15-6-7-17(22)18(23)12-15/h2-7,9,11-12,20H,8,10H2,1H3. The van der Waals surface area contributed by atoms with E-state index < -0.39 is 0 Å². The minimum Gasteiger partial charge on any atom is -0.327 e. The lowest BCUT2D eigenvalue weighted by molar-refractivity contribution is 0.0696. The number of halogens is 2. The summed E-state index contributed by atoms with van der Waals surface area (Å²) in [6, 6.07) is 15.6. The molecule has 0 fully saturated rings. The third-order valence-electron chi connectivity index (χ3n) is 4.79. The number of nitrogens with zero attached hydrogens (tertiary/aromatic N) is 1. The van der Waals surface area contributed by atoms with Crippen LogP contribution in [0.2, 0.25) is 10.0 Å². The van der Waals surface area contributed by atoms with Crippen LogP contribution in [-0.4, -0.2) is 17.4 Å². The van der Waals surface area contributed by atoms with E-state index in [-0.39, 0.29) is 11.9 Å². The van der Waals surface area contributed by atoms with E-state index in [0.717, 1.165) is 12.0 Å². The SMILES string of the molecule is Cc1ccc(C2c3ccsc3CCN2C(=O)c2ccc(Cl)c(Cl)c2)cc1. The lowest BCUT2D eigenvalue weighted by Gasteiger charge is -2.36. The predicted octanol–water partition coefficient (Wildman–Crippen LogP) is 6.15. The van der Waals surface area contributed by atoms with E-state index in [1.807, 2.05) is 4.90 Å². The third-order valence-corrected chi connectivity index (χ3v) is 6.52. The average molecular weight is 402 g/mol. The second-order valence-electron chi connectivity index (χ2n) is 6.49. The van der Waals surface area contributed by atoms with Gasteiger partial charge in [-0.15, -0.1) is 11.3 Å². The monoisotopic (exact) mass is 401 g/mol. The van der Waals surface area contributed by atoms with Crippen molar-refractivity contribution in [2.45, 2.75) is 19.4 Å². The van der Waals surface area contributed by atoms with Gasteiger partial charge >= 0.3 is 0 Å². The Bertz CT molecular complexity index is 964. The summed E-state index contributed by atoms with van der Waals surface area (Å²) >= 11 is 13.9. The van der Waals surface area contributed by atoms with Crippen molar-refractivity contribution in [3.63, 3.8) is 0 Å². The molecule has 0 spiro atoms. The minimum atomic E-state index is -0.0763. The molecule has 26 heavy (non-hydrogen) atoms. The number of rotatable bonds is 2. The van der Waals surface area contributed by atoms with Gasteiger partial charge in [-0.3, -0.25) is 4.79 Å². The van der Waals surface area contributed by atoms with Crippen molar-refractivity contribution in [3.8, 4) is 0 Å². The first-order valence-corrected chi connectivity index (χ1v) is 10.1. The van der Waals surface area contributed by atoms with Gasteiger partial charge in [0.1, 0.15) is 0 Å². The summed E-state index contributed by atoms with van der Waals surface area (Å²) in [5.74, 6) is -0.0222. The van der Waals surface area contributed by atoms with E-state index in [4.69, 9.17) is 23.2 Å². The highest BCUT2D eigenvalue weighted by Crippen LogP contribution is 2.39. The smallest absolute Gasteiger partial charge is 0.254 e. The number of thiophene rings is 1. The van der Waals surface area contributed by atoms with Crippen molar-refractivity contribution in [1.82, 2.24) is 4.90 Å². The number of fused-ring (bicyclic) bond motifs is 1. The summed E-state index contributed by atoms with van der Waals surface area (Å²) in [5, 5.41) is 2.97. The largest absolute Gasteiger partial charge is 0.327 e. The maximum absolute atomic E-state index is 13.3. The lowest BCUT2D eigenvalue weighted by atomic mass is 9.92. The van der Waals surface area contributed by atoms with E-state index in [9.17, 15) is 4.79 Å². The summed E-state index contributed by atoms with van der Waals surface area (Å²) in [5.41, 5.74) is 4.12. The van der Waals surface area contributed by atoms with E-state index in [1.54, 1.807) is 29.5 Å². The number of benzene rings is 2. The number of aryl methyl sites for hydroxylation is 1. The Morgan fingerprint density at radius 2 is 1.85 bits per heavy atom. The van der Waals surface area contributed by atoms with Gasteiger partial charge in [0.05, 0.1) is 16.1 Å². The highest BCUT2D eigenvalue weighted by Gasteiger charge is 2.33. The fourth-order valence-corrected chi connectivity index (χ4v) is 4.64. The second-order valence-corrected chi connectivity index (χ2v) is 8.30. The average Bonchev–Trinajstić information content (AvgIpc) is 3.12. The maximum Gasteiger partial charge on any atom is 0.254 e. The number of hydrogen-bond donors (Lipinski definition) is 0. The van der Waals surface area contributed by atoms with E-state index in [2.05, 4.69) is 42.6 Å². The highest BCUT2D eigenvalue weighted by molar-refractivity contribution is 7.10. The first kappa shape index (κ1) is 17.6. The van der Waals surface area contributed by atoms with Crippen LogP contribution < -0.4 is 0 Å². The molecule has 0 saturated carbocycles. The van der Waals surface area contributed by atoms with Gasteiger partial charge in [-0.2, -0.15) is 0 Å². The normalized spacial score (nSPS) is 16.4. The van der Waals surface area contributed by atoms with Gasteiger partial charge in [-0.1, -0.05) is 53.0 Å². The highest BCUT2D eigenvalue weighted by atomic mass is 35.5. The van der Waals surface area contributed by atoms with Crippen LogP contribution in [0.1, 0.15) is 38.0 Å². The molecule has 5 heteroatoms. The Balaban J connectivity index is 1.77. The molecule has 3 aromatic rings. The van der Waals surface area contributed by atoms with Crippen LogP contribution >= 0.6 is 34.5 Å². The summed E-state index contributed by atoms with van der Waals surface area (Å²) < 4.78 is 0. The zero-order valence-corrected chi connectivity index (χ0v) is 16.5. The first-order valence-electron chi connectivity index (χ1n) is 8.43. The third kappa shape index (κ3) is 3.16. The summed E-state index contributed by atoms with van der Waals surface area (Å²) in [7, 11) is 0. The molecule has 4 rings (SSSR count). The van der Waals surface area contributed by atoms with Crippen molar-refractivity contribution in [2.75, 3.05) is 6.54 Å². The Labute approximate surface area is 167 Å². The molecule has 1 aromatic heterocycles. The van der Waals surface area contributed by atoms with Crippen LogP contribution in [0.25, 0.3) is 0 Å². The van der Waals surface area contributed by atoms with Crippen molar-refractivity contribution in [3.05, 3.63) is 91.1 Å². The second kappa shape index (κ2) is 7.07. The topological polar surface area (TPSA) is 20.3 Å². The fraction of sp³-hybridized carbons (Fsp3) is 0.190. The van der Waals surface area contributed by atoms with Crippen LogP contribution in [0.15, 0.2) is 53.9 Å². The molecule has 0 bridgehead atoms. The lowest BCUT2D eigenvalue weighted by Crippen LogP contribution is -2.40. The quantitative estimate of drug-likeness (QED) is 0.503. The molecule has 2 heterocycles. The van der Waals surface area contributed by atoms with Gasteiger partial charge in [0, 0.05) is 17.0 Å². The molecular weight excluding hydrogens is 385 g/mol. The zero-order chi connectivity index (χ0) is 18.3. The molecule has 2 aromatic carbocycles. The first-order chi connectivity index (χ1) is 12.5. The minimum absolute atomic E-state index is 0.0222. The molecule has 1 amide bonds. The molecule has 0 aliphatic carbocycles. The van der Waals surface area contributed by atoms with Crippen molar-refractivity contribution >= 4 is 40.4 Å².